The first kappa shape index (κ1) is 13.2. The third-order valence-electron chi connectivity index (χ3n) is 3.76. The number of aliphatic imine (C=N–C) groups is 1. The standard InChI is InChI=1S/C13H24N2OS/c1-12(2)7-9-17-11(15-12)14-10-13(4-5-13)6-8-16-3/h4-10H2,1-3H3,(H,14,15). The second-order valence-corrected chi connectivity index (χ2v) is 7.06. The zero-order valence-corrected chi connectivity index (χ0v) is 12.0. The smallest absolute Gasteiger partial charge is 0.156 e. The Balaban J connectivity index is 1.83. The molecule has 17 heavy (non-hydrogen) atoms. The van der Waals surface area contributed by atoms with Gasteiger partial charge in [0.2, 0.25) is 0 Å². The van der Waals surface area contributed by atoms with Crippen LogP contribution in [0.15, 0.2) is 4.99 Å². The molecule has 1 heterocycles. The van der Waals surface area contributed by atoms with Crippen LogP contribution in [0, 0.1) is 5.41 Å². The highest BCUT2D eigenvalue weighted by Crippen LogP contribution is 2.49. The monoisotopic (exact) mass is 256 g/mol. The molecule has 0 atom stereocenters. The number of methoxy groups -OCH3 is 1. The molecule has 98 valence electrons. The topological polar surface area (TPSA) is 33.6 Å². The molecule has 2 aliphatic rings. The molecule has 0 unspecified atom stereocenters. The van der Waals surface area contributed by atoms with Crippen molar-refractivity contribution in [1.29, 1.82) is 0 Å². The Hall–Kier alpha value is -0.220. The quantitative estimate of drug-likeness (QED) is 0.821. The summed E-state index contributed by atoms with van der Waals surface area (Å²) < 4.78 is 5.17. The second-order valence-electron chi connectivity index (χ2n) is 5.97. The van der Waals surface area contributed by atoms with E-state index in [1.807, 2.05) is 11.8 Å². The number of amidine groups is 1. The van der Waals surface area contributed by atoms with E-state index in [0.29, 0.717) is 5.41 Å². The highest BCUT2D eigenvalue weighted by atomic mass is 32.2. The normalized spacial score (nSPS) is 27.8. The fraction of sp³-hybridized carbons (Fsp3) is 0.923. The van der Waals surface area contributed by atoms with Crippen molar-refractivity contribution in [2.45, 2.75) is 45.1 Å². The molecule has 0 aromatic rings. The fourth-order valence-corrected chi connectivity index (χ4v) is 3.41. The minimum atomic E-state index is 0.216. The minimum Gasteiger partial charge on any atom is -0.385 e. The predicted molar refractivity (Wildman–Crippen MR) is 74.8 cm³/mol. The predicted octanol–water partition coefficient (Wildman–Crippen LogP) is 2.66. The third-order valence-corrected chi connectivity index (χ3v) is 4.68. The molecular formula is C13H24N2OS. The molecule has 1 saturated heterocycles. The van der Waals surface area contributed by atoms with Crippen LogP contribution >= 0.6 is 11.8 Å². The molecule has 3 nitrogen and oxygen atoms in total. The fourth-order valence-electron chi connectivity index (χ4n) is 2.10. The second kappa shape index (κ2) is 5.19. The van der Waals surface area contributed by atoms with E-state index in [2.05, 4.69) is 19.2 Å². The van der Waals surface area contributed by atoms with Gasteiger partial charge in [0.25, 0.3) is 0 Å². The number of nitrogens with zero attached hydrogens (tertiary/aromatic N) is 1. The molecule has 0 aromatic carbocycles. The molecule has 0 spiro atoms. The number of hydrogen-bond acceptors (Lipinski definition) is 3. The van der Waals surface area contributed by atoms with Gasteiger partial charge in [-0.05, 0) is 44.9 Å². The molecule has 4 heteroatoms. The van der Waals surface area contributed by atoms with E-state index in [9.17, 15) is 0 Å². The lowest BCUT2D eigenvalue weighted by atomic mass is 10.0. The lowest BCUT2D eigenvalue weighted by Crippen LogP contribution is -2.46. The van der Waals surface area contributed by atoms with Gasteiger partial charge in [0, 0.05) is 31.6 Å². The van der Waals surface area contributed by atoms with E-state index in [4.69, 9.17) is 9.73 Å². The lowest BCUT2D eigenvalue weighted by molar-refractivity contribution is 0.174. The van der Waals surface area contributed by atoms with Gasteiger partial charge in [-0.1, -0.05) is 11.8 Å². The SMILES string of the molecule is COCCC1(CN=C2NC(C)(C)CCS2)CC1. The first-order chi connectivity index (χ1) is 8.05. The summed E-state index contributed by atoms with van der Waals surface area (Å²) in [5, 5.41) is 4.67. The Kier molecular flexibility index (Phi) is 4.03. The zero-order chi connectivity index (χ0) is 12.4. The zero-order valence-electron chi connectivity index (χ0n) is 11.2. The van der Waals surface area contributed by atoms with Crippen molar-refractivity contribution >= 4 is 16.9 Å². The van der Waals surface area contributed by atoms with Gasteiger partial charge in [-0.3, -0.25) is 4.99 Å². The van der Waals surface area contributed by atoms with Crippen LogP contribution in [-0.2, 0) is 4.74 Å². The maximum Gasteiger partial charge on any atom is 0.156 e. The van der Waals surface area contributed by atoms with E-state index < -0.39 is 0 Å². The molecule has 1 aliphatic heterocycles. The number of ether oxygens (including phenoxy) is 1. The largest absolute Gasteiger partial charge is 0.385 e. The summed E-state index contributed by atoms with van der Waals surface area (Å²) in [6.45, 7) is 6.35. The van der Waals surface area contributed by atoms with Gasteiger partial charge < -0.3 is 10.1 Å². The summed E-state index contributed by atoms with van der Waals surface area (Å²) in [5.41, 5.74) is 0.681. The third kappa shape index (κ3) is 3.88. The van der Waals surface area contributed by atoms with E-state index in [1.165, 1.54) is 25.0 Å². The summed E-state index contributed by atoms with van der Waals surface area (Å²) >= 11 is 1.87. The van der Waals surface area contributed by atoms with Crippen molar-refractivity contribution in [3.63, 3.8) is 0 Å². The Morgan fingerprint density at radius 3 is 2.71 bits per heavy atom. The number of hydrogen-bond donors (Lipinski definition) is 1. The van der Waals surface area contributed by atoms with Crippen molar-refractivity contribution in [2.75, 3.05) is 26.0 Å². The first-order valence-electron chi connectivity index (χ1n) is 6.50. The Morgan fingerprint density at radius 2 is 2.12 bits per heavy atom. The van der Waals surface area contributed by atoms with Crippen molar-refractivity contribution in [3.8, 4) is 0 Å². The first-order valence-corrected chi connectivity index (χ1v) is 7.48. The van der Waals surface area contributed by atoms with Crippen molar-refractivity contribution < 1.29 is 4.74 Å². The van der Waals surface area contributed by atoms with Crippen LogP contribution in [0.25, 0.3) is 0 Å². The van der Waals surface area contributed by atoms with Gasteiger partial charge in [0.15, 0.2) is 5.17 Å². The molecule has 1 saturated carbocycles. The molecule has 2 rings (SSSR count). The Labute approximate surface area is 109 Å². The number of rotatable bonds is 5. The molecule has 0 aromatic heterocycles. The lowest BCUT2D eigenvalue weighted by Gasteiger charge is -2.32. The minimum absolute atomic E-state index is 0.216. The average Bonchev–Trinajstić information content (AvgIpc) is 3.03. The van der Waals surface area contributed by atoms with Crippen molar-refractivity contribution in [3.05, 3.63) is 0 Å². The van der Waals surface area contributed by atoms with Crippen LogP contribution in [-0.4, -0.2) is 36.7 Å². The average molecular weight is 256 g/mol. The maximum absolute atomic E-state index is 5.17. The summed E-state index contributed by atoms with van der Waals surface area (Å²) in [4.78, 5) is 4.78. The highest BCUT2D eigenvalue weighted by Gasteiger charge is 2.42. The van der Waals surface area contributed by atoms with Gasteiger partial charge in [-0.25, -0.2) is 0 Å². The van der Waals surface area contributed by atoms with Crippen LogP contribution in [0.4, 0.5) is 0 Å². The Morgan fingerprint density at radius 1 is 1.35 bits per heavy atom. The van der Waals surface area contributed by atoms with Gasteiger partial charge >= 0.3 is 0 Å². The van der Waals surface area contributed by atoms with Crippen molar-refractivity contribution in [2.24, 2.45) is 10.4 Å². The van der Waals surface area contributed by atoms with E-state index in [0.717, 1.165) is 24.7 Å². The molecule has 1 aliphatic carbocycles. The molecule has 1 N–H and O–H groups in total. The van der Waals surface area contributed by atoms with Crippen LogP contribution in [0.3, 0.4) is 0 Å². The molecule has 2 fully saturated rings. The van der Waals surface area contributed by atoms with Gasteiger partial charge in [-0.2, -0.15) is 0 Å². The molecule has 0 bridgehead atoms. The van der Waals surface area contributed by atoms with E-state index in [1.54, 1.807) is 7.11 Å². The van der Waals surface area contributed by atoms with Crippen molar-refractivity contribution in [1.82, 2.24) is 5.32 Å². The van der Waals surface area contributed by atoms with Crippen LogP contribution < -0.4 is 5.32 Å². The van der Waals surface area contributed by atoms with Crippen LogP contribution in [0.5, 0.6) is 0 Å². The summed E-state index contributed by atoms with van der Waals surface area (Å²) in [5.74, 6) is 1.18. The maximum atomic E-state index is 5.17. The molecular weight excluding hydrogens is 232 g/mol. The van der Waals surface area contributed by atoms with Gasteiger partial charge in [0.05, 0.1) is 0 Å². The summed E-state index contributed by atoms with van der Waals surface area (Å²) in [6, 6.07) is 0. The number of nitrogens with one attached hydrogen (secondary N) is 1. The van der Waals surface area contributed by atoms with E-state index >= 15 is 0 Å². The van der Waals surface area contributed by atoms with Gasteiger partial charge in [0.1, 0.15) is 0 Å². The summed E-state index contributed by atoms with van der Waals surface area (Å²) in [6.07, 6.45) is 5.02. The molecule has 0 amide bonds. The Bertz CT molecular complexity index is 298. The molecule has 0 radical (unpaired) electrons. The van der Waals surface area contributed by atoms with E-state index in [-0.39, 0.29) is 5.54 Å². The van der Waals surface area contributed by atoms with Crippen LogP contribution in [0.1, 0.15) is 39.5 Å². The summed E-state index contributed by atoms with van der Waals surface area (Å²) in [7, 11) is 1.78. The highest BCUT2D eigenvalue weighted by molar-refractivity contribution is 8.13. The number of thioether (sulfide) groups is 1. The van der Waals surface area contributed by atoms with Gasteiger partial charge in [-0.15, -0.1) is 0 Å². The van der Waals surface area contributed by atoms with Crippen LogP contribution in [0.2, 0.25) is 0 Å².